The summed E-state index contributed by atoms with van der Waals surface area (Å²) in [4.78, 5) is 15.0. The first-order chi connectivity index (χ1) is 9.63. The number of aromatic amines is 1. The zero-order valence-corrected chi connectivity index (χ0v) is 10.3. The van der Waals surface area contributed by atoms with Gasteiger partial charge >= 0.3 is 0 Å². The number of benzene rings is 2. The molecule has 3 rings (SSSR count). The van der Waals surface area contributed by atoms with E-state index in [0.29, 0.717) is 5.69 Å². The average Bonchev–Trinajstić information content (AvgIpc) is 2.86. The van der Waals surface area contributed by atoms with Gasteiger partial charge < -0.3 is 10.3 Å². The fourth-order valence-electron chi connectivity index (χ4n) is 1.98. The molecule has 0 bridgehead atoms. The minimum absolute atomic E-state index is 0.0601. The summed E-state index contributed by atoms with van der Waals surface area (Å²) in [5, 5.41) is 3.29. The van der Waals surface area contributed by atoms with Crippen LogP contribution in [0.3, 0.4) is 0 Å². The van der Waals surface area contributed by atoms with E-state index in [9.17, 15) is 13.6 Å². The lowest BCUT2D eigenvalue weighted by atomic mass is 10.2. The summed E-state index contributed by atoms with van der Waals surface area (Å²) < 4.78 is 26.3. The van der Waals surface area contributed by atoms with Gasteiger partial charge in [0.15, 0.2) is 0 Å². The maximum Gasteiger partial charge on any atom is 0.272 e. The van der Waals surface area contributed by atoms with Gasteiger partial charge in [-0.15, -0.1) is 0 Å². The van der Waals surface area contributed by atoms with E-state index in [2.05, 4.69) is 10.3 Å². The normalized spacial score (nSPS) is 10.7. The van der Waals surface area contributed by atoms with Gasteiger partial charge in [0.2, 0.25) is 0 Å². The lowest BCUT2D eigenvalue weighted by Gasteiger charge is -2.04. The molecule has 1 aromatic heterocycles. The van der Waals surface area contributed by atoms with E-state index in [0.717, 1.165) is 23.0 Å². The fourth-order valence-corrected chi connectivity index (χ4v) is 1.98. The van der Waals surface area contributed by atoms with Crippen molar-refractivity contribution < 1.29 is 13.6 Å². The van der Waals surface area contributed by atoms with Crippen LogP contribution in [0.25, 0.3) is 10.9 Å². The van der Waals surface area contributed by atoms with E-state index < -0.39 is 17.5 Å². The molecule has 0 aliphatic rings. The van der Waals surface area contributed by atoms with E-state index in [4.69, 9.17) is 0 Å². The Labute approximate surface area is 113 Å². The fraction of sp³-hybridized carbons (Fsp3) is 0. The molecule has 3 nitrogen and oxygen atoms in total. The maximum absolute atomic E-state index is 13.5. The Kier molecular flexibility index (Phi) is 2.95. The molecule has 20 heavy (non-hydrogen) atoms. The molecule has 0 saturated carbocycles. The quantitative estimate of drug-likeness (QED) is 0.734. The first kappa shape index (κ1) is 12.3. The van der Waals surface area contributed by atoms with Crippen LogP contribution in [0.1, 0.15) is 10.5 Å². The molecule has 2 aromatic carbocycles. The second-order valence-electron chi connectivity index (χ2n) is 4.35. The minimum Gasteiger partial charge on any atom is -0.351 e. The Morgan fingerprint density at radius 3 is 2.60 bits per heavy atom. The largest absolute Gasteiger partial charge is 0.351 e. The van der Waals surface area contributed by atoms with E-state index in [1.54, 1.807) is 6.07 Å². The molecule has 100 valence electrons. The molecule has 0 radical (unpaired) electrons. The number of para-hydroxylation sites is 1. The molecule has 1 amide bonds. The van der Waals surface area contributed by atoms with Gasteiger partial charge in [-0.1, -0.05) is 18.2 Å². The minimum atomic E-state index is -0.811. The molecule has 0 atom stereocenters. The van der Waals surface area contributed by atoms with Crippen molar-refractivity contribution in [3.05, 3.63) is 65.9 Å². The molecule has 3 aromatic rings. The summed E-state index contributed by atoms with van der Waals surface area (Å²) in [5.74, 6) is -1.98. The molecule has 0 fully saturated rings. The predicted molar refractivity (Wildman–Crippen MR) is 72.6 cm³/mol. The lowest BCUT2D eigenvalue weighted by molar-refractivity contribution is 0.102. The predicted octanol–water partition coefficient (Wildman–Crippen LogP) is 3.70. The van der Waals surface area contributed by atoms with Gasteiger partial charge in [0.05, 0.1) is 5.69 Å². The van der Waals surface area contributed by atoms with Crippen molar-refractivity contribution in [1.29, 1.82) is 0 Å². The van der Waals surface area contributed by atoms with Crippen molar-refractivity contribution in [2.45, 2.75) is 0 Å². The van der Waals surface area contributed by atoms with Gasteiger partial charge in [0.1, 0.15) is 17.3 Å². The smallest absolute Gasteiger partial charge is 0.272 e. The first-order valence-electron chi connectivity index (χ1n) is 5.97. The third-order valence-electron chi connectivity index (χ3n) is 2.95. The summed E-state index contributed by atoms with van der Waals surface area (Å²) in [7, 11) is 0. The molecular formula is C15H10F2N2O. The standard InChI is InChI=1S/C15H10F2N2O/c16-10-5-6-13(11(17)8-10)19-15(20)14-7-9-3-1-2-4-12(9)18-14/h1-8,18H,(H,19,20). The topological polar surface area (TPSA) is 44.9 Å². The van der Waals surface area contributed by atoms with E-state index in [-0.39, 0.29) is 5.69 Å². The molecule has 0 unspecified atom stereocenters. The lowest BCUT2D eigenvalue weighted by Crippen LogP contribution is -2.13. The van der Waals surface area contributed by atoms with Crippen LogP contribution >= 0.6 is 0 Å². The third-order valence-corrected chi connectivity index (χ3v) is 2.95. The van der Waals surface area contributed by atoms with Crippen molar-refractivity contribution >= 4 is 22.5 Å². The van der Waals surface area contributed by atoms with Crippen LogP contribution in [0.4, 0.5) is 14.5 Å². The summed E-state index contributed by atoms with van der Waals surface area (Å²) in [6.07, 6.45) is 0. The Morgan fingerprint density at radius 1 is 1.05 bits per heavy atom. The SMILES string of the molecule is O=C(Nc1ccc(F)cc1F)c1cc2ccccc2[nH]1. The molecule has 0 spiro atoms. The third kappa shape index (κ3) is 2.25. The van der Waals surface area contributed by atoms with Gasteiger partial charge in [-0.05, 0) is 24.3 Å². The van der Waals surface area contributed by atoms with Crippen LogP contribution in [-0.2, 0) is 0 Å². The monoisotopic (exact) mass is 272 g/mol. The number of hydrogen-bond acceptors (Lipinski definition) is 1. The number of rotatable bonds is 2. The zero-order chi connectivity index (χ0) is 14.1. The number of halogens is 2. The van der Waals surface area contributed by atoms with Crippen LogP contribution in [0.5, 0.6) is 0 Å². The summed E-state index contributed by atoms with van der Waals surface area (Å²) >= 11 is 0. The number of carbonyl (C=O) groups excluding carboxylic acids is 1. The van der Waals surface area contributed by atoms with Gasteiger partial charge in [-0.25, -0.2) is 8.78 Å². The molecule has 2 N–H and O–H groups in total. The van der Waals surface area contributed by atoms with Crippen molar-refractivity contribution in [2.75, 3.05) is 5.32 Å². The molecular weight excluding hydrogens is 262 g/mol. The highest BCUT2D eigenvalue weighted by atomic mass is 19.1. The Hall–Kier alpha value is -2.69. The summed E-state index contributed by atoms with van der Waals surface area (Å²) in [6.45, 7) is 0. The molecule has 5 heteroatoms. The number of anilines is 1. The second kappa shape index (κ2) is 4.77. The number of amides is 1. The van der Waals surface area contributed by atoms with E-state index in [1.807, 2.05) is 24.3 Å². The highest BCUT2D eigenvalue weighted by Gasteiger charge is 2.12. The summed E-state index contributed by atoms with van der Waals surface area (Å²) in [6, 6.07) is 12.1. The van der Waals surface area contributed by atoms with Crippen molar-refractivity contribution in [2.24, 2.45) is 0 Å². The zero-order valence-electron chi connectivity index (χ0n) is 10.3. The summed E-state index contributed by atoms with van der Waals surface area (Å²) in [5.41, 5.74) is 1.07. The highest BCUT2D eigenvalue weighted by molar-refractivity contribution is 6.05. The molecule has 0 aliphatic carbocycles. The van der Waals surface area contributed by atoms with Gasteiger partial charge in [-0.3, -0.25) is 4.79 Å². The van der Waals surface area contributed by atoms with E-state index in [1.165, 1.54) is 6.07 Å². The van der Waals surface area contributed by atoms with Crippen LogP contribution in [0, 0.1) is 11.6 Å². The van der Waals surface area contributed by atoms with Crippen LogP contribution in [0.2, 0.25) is 0 Å². The number of hydrogen-bond donors (Lipinski definition) is 2. The van der Waals surface area contributed by atoms with Gasteiger partial charge in [0.25, 0.3) is 5.91 Å². The van der Waals surface area contributed by atoms with E-state index >= 15 is 0 Å². The van der Waals surface area contributed by atoms with Gasteiger partial charge in [0, 0.05) is 17.0 Å². The number of carbonyl (C=O) groups is 1. The number of aromatic nitrogens is 1. The van der Waals surface area contributed by atoms with Crippen molar-refractivity contribution in [3.63, 3.8) is 0 Å². The second-order valence-corrected chi connectivity index (χ2v) is 4.35. The highest BCUT2D eigenvalue weighted by Crippen LogP contribution is 2.18. The first-order valence-corrected chi connectivity index (χ1v) is 5.97. The Morgan fingerprint density at radius 2 is 1.85 bits per heavy atom. The number of H-pyrrole nitrogens is 1. The molecule has 0 saturated heterocycles. The van der Waals surface area contributed by atoms with Gasteiger partial charge in [-0.2, -0.15) is 0 Å². The van der Waals surface area contributed by atoms with Crippen LogP contribution < -0.4 is 5.32 Å². The molecule has 1 heterocycles. The maximum atomic E-state index is 13.5. The molecule has 0 aliphatic heterocycles. The van der Waals surface area contributed by atoms with Crippen molar-refractivity contribution in [3.8, 4) is 0 Å². The van der Waals surface area contributed by atoms with Crippen molar-refractivity contribution in [1.82, 2.24) is 4.98 Å². The van der Waals surface area contributed by atoms with Crippen LogP contribution in [0.15, 0.2) is 48.5 Å². The average molecular weight is 272 g/mol. The Bertz CT molecular complexity index is 762. The Balaban J connectivity index is 1.89. The van der Waals surface area contributed by atoms with Crippen LogP contribution in [-0.4, -0.2) is 10.9 Å². The number of nitrogens with one attached hydrogen (secondary N) is 2. The number of fused-ring (bicyclic) bond motifs is 1.